The Morgan fingerprint density at radius 1 is 0.963 bits per heavy atom. The van der Waals surface area contributed by atoms with E-state index in [1.165, 1.54) is 4.31 Å². The fourth-order valence-electron chi connectivity index (χ4n) is 3.07. The molecule has 2 aromatic carbocycles. The molecule has 1 aliphatic rings. The van der Waals surface area contributed by atoms with Gasteiger partial charge < -0.3 is 0 Å². The van der Waals surface area contributed by atoms with Crippen LogP contribution in [0.4, 0.5) is 8.78 Å². The van der Waals surface area contributed by atoms with Crippen LogP contribution in [0.2, 0.25) is 0 Å². The molecule has 3 rings (SSSR count). The summed E-state index contributed by atoms with van der Waals surface area (Å²) in [6.07, 6.45) is 0.638. The van der Waals surface area contributed by atoms with Crippen LogP contribution in [0.1, 0.15) is 17.5 Å². The number of nitrogens with zero attached hydrogens (tertiary/aromatic N) is 3. The van der Waals surface area contributed by atoms with Gasteiger partial charge >= 0.3 is 0 Å². The molecule has 2 aromatic rings. The van der Waals surface area contributed by atoms with E-state index in [1.807, 2.05) is 12.1 Å². The lowest BCUT2D eigenvalue weighted by atomic mass is 10.1. The smallest absolute Gasteiger partial charge is 0.243 e. The van der Waals surface area contributed by atoms with Gasteiger partial charge in [-0.2, -0.15) is 9.57 Å². The fourth-order valence-corrected chi connectivity index (χ4v) is 4.56. The monoisotopic (exact) mass is 391 g/mol. The highest BCUT2D eigenvalue weighted by molar-refractivity contribution is 7.89. The molecule has 1 fully saturated rings. The number of hydrogen-bond acceptors (Lipinski definition) is 4. The minimum atomic E-state index is -3.87. The van der Waals surface area contributed by atoms with Crippen LogP contribution in [0.25, 0.3) is 0 Å². The summed E-state index contributed by atoms with van der Waals surface area (Å²) in [4.78, 5) is 1.91. The maximum atomic E-state index is 13.4. The third kappa shape index (κ3) is 4.50. The predicted molar refractivity (Wildman–Crippen MR) is 96.2 cm³/mol. The molecule has 0 atom stereocenters. The number of rotatable bonds is 4. The molecule has 8 heteroatoms. The Labute approximate surface area is 157 Å². The van der Waals surface area contributed by atoms with Crippen LogP contribution in [0.15, 0.2) is 47.4 Å². The molecule has 27 heavy (non-hydrogen) atoms. The van der Waals surface area contributed by atoms with Crippen molar-refractivity contribution < 1.29 is 17.2 Å². The zero-order valence-corrected chi connectivity index (χ0v) is 15.4. The first-order valence-electron chi connectivity index (χ1n) is 8.57. The molecule has 1 aliphatic heterocycles. The summed E-state index contributed by atoms with van der Waals surface area (Å²) in [6.45, 7) is 2.51. The van der Waals surface area contributed by atoms with Crippen molar-refractivity contribution in [2.75, 3.05) is 26.2 Å². The maximum Gasteiger partial charge on any atom is 0.243 e. The maximum absolute atomic E-state index is 13.4. The van der Waals surface area contributed by atoms with Gasteiger partial charge in [0.1, 0.15) is 0 Å². The lowest BCUT2D eigenvalue weighted by molar-refractivity contribution is 0.278. The molecule has 1 heterocycles. The summed E-state index contributed by atoms with van der Waals surface area (Å²) in [5.41, 5.74) is 1.64. The van der Waals surface area contributed by atoms with Crippen molar-refractivity contribution in [2.45, 2.75) is 17.9 Å². The summed E-state index contributed by atoms with van der Waals surface area (Å²) < 4.78 is 53.3. The molecule has 0 bridgehead atoms. The molecule has 0 spiro atoms. The van der Waals surface area contributed by atoms with Crippen molar-refractivity contribution in [1.82, 2.24) is 9.21 Å². The minimum absolute atomic E-state index is 0.234. The van der Waals surface area contributed by atoms with Gasteiger partial charge in [0.15, 0.2) is 11.6 Å². The van der Waals surface area contributed by atoms with Crippen molar-refractivity contribution in [3.8, 4) is 6.07 Å². The van der Waals surface area contributed by atoms with Crippen LogP contribution in [-0.4, -0.2) is 43.8 Å². The van der Waals surface area contributed by atoms with E-state index < -0.39 is 21.7 Å². The lowest BCUT2D eigenvalue weighted by Crippen LogP contribution is -2.35. The van der Waals surface area contributed by atoms with Crippen molar-refractivity contribution in [2.24, 2.45) is 0 Å². The van der Waals surface area contributed by atoms with Gasteiger partial charge in [-0.15, -0.1) is 0 Å². The molecule has 0 aromatic heterocycles. The zero-order valence-electron chi connectivity index (χ0n) is 14.6. The summed E-state index contributed by atoms with van der Waals surface area (Å²) in [5.74, 6) is -2.24. The van der Waals surface area contributed by atoms with E-state index in [0.29, 0.717) is 31.6 Å². The van der Waals surface area contributed by atoms with Gasteiger partial charge in [0.05, 0.1) is 16.5 Å². The topological polar surface area (TPSA) is 64.4 Å². The largest absolute Gasteiger partial charge is 0.298 e. The van der Waals surface area contributed by atoms with Crippen LogP contribution in [0.3, 0.4) is 0 Å². The first-order valence-corrected chi connectivity index (χ1v) is 10.0. The van der Waals surface area contributed by atoms with Crippen molar-refractivity contribution in [3.63, 3.8) is 0 Å². The Kier molecular flexibility index (Phi) is 5.85. The average molecular weight is 391 g/mol. The van der Waals surface area contributed by atoms with Gasteiger partial charge in [0.2, 0.25) is 10.0 Å². The van der Waals surface area contributed by atoms with Crippen LogP contribution < -0.4 is 0 Å². The van der Waals surface area contributed by atoms with Crippen LogP contribution in [0, 0.1) is 23.0 Å². The van der Waals surface area contributed by atoms with Crippen LogP contribution in [0.5, 0.6) is 0 Å². The highest BCUT2D eigenvalue weighted by atomic mass is 32.2. The molecule has 0 saturated carbocycles. The highest BCUT2D eigenvalue weighted by Crippen LogP contribution is 2.20. The van der Waals surface area contributed by atoms with Crippen LogP contribution in [-0.2, 0) is 16.6 Å². The second-order valence-corrected chi connectivity index (χ2v) is 8.36. The van der Waals surface area contributed by atoms with Gasteiger partial charge in [-0.3, -0.25) is 4.90 Å². The number of hydrogen-bond donors (Lipinski definition) is 0. The zero-order chi connectivity index (χ0) is 19.4. The van der Waals surface area contributed by atoms with Gasteiger partial charge in [-0.05, 0) is 48.9 Å². The molecule has 0 unspecified atom stereocenters. The molecule has 0 N–H and O–H groups in total. The van der Waals surface area contributed by atoms with E-state index >= 15 is 0 Å². The Morgan fingerprint density at radius 2 is 1.70 bits per heavy atom. The number of halogens is 2. The molecule has 1 saturated heterocycles. The van der Waals surface area contributed by atoms with E-state index in [1.54, 1.807) is 12.1 Å². The van der Waals surface area contributed by atoms with E-state index in [-0.39, 0.29) is 11.4 Å². The summed E-state index contributed by atoms with van der Waals surface area (Å²) in [7, 11) is -3.87. The number of sulfonamides is 1. The highest BCUT2D eigenvalue weighted by Gasteiger charge is 2.27. The number of nitriles is 1. The standard InChI is InChI=1S/C19H19F2N3O2S/c20-18-7-6-17(12-19(18)21)27(25,26)24-9-1-8-23(10-11-24)14-16-4-2-15(13-22)3-5-16/h2-7,12H,1,8-11,14H2. The fraction of sp³-hybridized carbons (Fsp3) is 0.316. The van der Waals surface area contributed by atoms with Crippen molar-refractivity contribution >= 4 is 10.0 Å². The Bertz CT molecular complexity index is 956. The average Bonchev–Trinajstić information content (AvgIpc) is 2.90. The summed E-state index contributed by atoms with van der Waals surface area (Å²) in [6, 6.07) is 12.0. The third-order valence-electron chi connectivity index (χ3n) is 4.57. The first-order chi connectivity index (χ1) is 12.9. The van der Waals surface area contributed by atoms with Gasteiger partial charge in [-0.1, -0.05) is 12.1 Å². The second kappa shape index (κ2) is 8.13. The van der Waals surface area contributed by atoms with E-state index in [4.69, 9.17) is 5.26 Å². The van der Waals surface area contributed by atoms with Gasteiger partial charge in [-0.25, -0.2) is 17.2 Å². The minimum Gasteiger partial charge on any atom is -0.298 e. The Morgan fingerprint density at radius 3 is 2.37 bits per heavy atom. The summed E-state index contributed by atoms with van der Waals surface area (Å²) >= 11 is 0. The lowest BCUT2D eigenvalue weighted by Gasteiger charge is -2.22. The first kappa shape index (κ1) is 19.4. The normalized spacial score (nSPS) is 16.6. The van der Waals surface area contributed by atoms with Crippen molar-refractivity contribution in [1.29, 1.82) is 5.26 Å². The molecular formula is C19H19F2N3O2S. The van der Waals surface area contributed by atoms with Gasteiger partial charge in [0.25, 0.3) is 0 Å². The molecule has 142 valence electrons. The van der Waals surface area contributed by atoms with Crippen LogP contribution >= 0.6 is 0 Å². The second-order valence-electron chi connectivity index (χ2n) is 6.42. The predicted octanol–water partition coefficient (Wildman–Crippen LogP) is 2.73. The number of benzene rings is 2. The molecular weight excluding hydrogens is 372 g/mol. The van der Waals surface area contributed by atoms with Gasteiger partial charge in [0, 0.05) is 26.2 Å². The molecule has 5 nitrogen and oxygen atoms in total. The van der Waals surface area contributed by atoms with E-state index in [0.717, 1.165) is 30.3 Å². The summed E-state index contributed by atoms with van der Waals surface area (Å²) in [5, 5.41) is 8.85. The molecule has 0 amide bonds. The molecule has 0 radical (unpaired) electrons. The Balaban J connectivity index is 1.68. The van der Waals surface area contributed by atoms with E-state index in [9.17, 15) is 17.2 Å². The van der Waals surface area contributed by atoms with Crippen molar-refractivity contribution in [3.05, 3.63) is 65.2 Å². The molecule has 0 aliphatic carbocycles. The quantitative estimate of drug-likeness (QED) is 0.804. The SMILES string of the molecule is N#Cc1ccc(CN2CCCN(S(=O)(=O)c3ccc(F)c(F)c3)CC2)cc1. The Hall–Kier alpha value is -2.34. The van der Waals surface area contributed by atoms with E-state index in [2.05, 4.69) is 11.0 Å². The third-order valence-corrected chi connectivity index (χ3v) is 6.46.